The van der Waals surface area contributed by atoms with Gasteiger partial charge in [0.25, 0.3) is 0 Å². The van der Waals surface area contributed by atoms with Gasteiger partial charge in [0.05, 0.1) is 0 Å². The molecule has 0 heterocycles. The van der Waals surface area contributed by atoms with Crippen LogP contribution in [0.15, 0.2) is 97.1 Å². The highest BCUT2D eigenvalue weighted by atomic mass is 16.3. The molecule has 1 N–H and O–H groups in total. The van der Waals surface area contributed by atoms with Crippen molar-refractivity contribution in [1.82, 2.24) is 0 Å². The fraction of sp³-hybridized carbons (Fsp3) is 0.0303. The molecule has 0 atom stereocenters. The molecule has 4 aromatic carbocycles. The van der Waals surface area contributed by atoms with E-state index in [-0.39, 0.29) is 0 Å². The van der Waals surface area contributed by atoms with Crippen molar-refractivity contribution < 1.29 is 5.11 Å². The summed E-state index contributed by atoms with van der Waals surface area (Å²) < 4.78 is 0. The predicted octanol–water partition coefficient (Wildman–Crippen LogP) is 0.160. The lowest BCUT2D eigenvalue weighted by molar-refractivity contribution is 0.291. The summed E-state index contributed by atoms with van der Waals surface area (Å²) in [5.74, 6) is 0. The lowest BCUT2D eigenvalue weighted by Crippen LogP contribution is -2.26. The van der Waals surface area contributed by atoms with Gasteiger partial charge in [-0.25, -0.2) is 0 Å². The van der Waals surface area contributed by atoms with Crippen LogP contribution in [0.1, 0.15) is 0 Å². The van der Waals surface area contributed by atoms with Crippen molar-refractivity contribution in [2.75, 3.05) is 0 Å². The molecule has 4 aromatic rings. The van der Waals surface area contributed by atoms with Gasteiger partial charge in [-0.2, -0.15) is 0 Å². The molecule has 0 radical (unpaired) electrons. The molecule has 0 spiro atoms. The first-order valence-corrected chi connectivity index (χ1v) is 11.6. The molecule has 162 valence electrons. The van der Waals surface area contributed by atoms with Crippen molar-refractivity contribution in [3.63, 3.8) is 0 Å². The molecule has 8 bridgehead atoms. The quantitative estimate of drug-likeness (QED) is 0.475. The molecule has 0 fully saturated rings. The van der Waals surface area contributed by atoms with Crippen LogP contribution in [-0.2, 0) is 0 Å². The SMILES string of the molecule is OC(C1=c2ccc(cc2)=CC=c2ccc(cc2)=C1)C1=c2ccc(cc2)=CC=c2ccc(cc2)=C1. The van der Waals surface area contributed by atoms with Crippen LogP contribution >= 0.6 is 0 Å². The third kappa shape index (κ3) is 4.10. The predicted molar refractivity (Wildman–Crippen MR) is 142 cm³/mol. The summed E-state index contributed by atoms with van der Waals surface area (Å²) >= 11 is 0. The summed E-state index contributed by atoms with van der Waals surface area (Å²) in [6.45, 7) is 0. The van der Waals surface area contributed by atoms with Crippen molar-refractivity contribution in [2.45, 2.75) is 6.10 Å². The first-order valence-electron chi connectivity index (χ1n) is 11.6. The maximum Gasteiger partial charge on any atom is 0.105 e. The van der Waals surface area contributed by atoms with Crippen LogP contribution < -0.4 is 41.7 Å². The summed E-state index contributed by atoms with van der Waals surface area (Å²) in [6.07, 6.45) is 11.9. The standard InChI is InChI=1S/C33H24O/c34-33(31-21-27-9-5-23(6-10-27)1-3-25-13-17-29(31)18-14-25)32-22-28-11-7-24(8-12-28)2-4-26-15-19-30(32)20-16-26/h1-22,33-34H. The van der Waals surface area contributed by atoms with Gasteiger partial charge in [0.2, 0.25) is 0 Å². The zero-order valence-electron chi connectivity index (χ0n) is 18.7. The summed E-state index contributed by atoms with van der Waals surface area (Å²) in [5.41, 5.74) is 1.76. The van der Waals surface area contributed by atoms with Gasteiger partial charge in [-0.1, -0.05) is 121 Å². The maximum atomic E-state index is 11.9. The summed E-state index contributed by atoms with van der Waals surface area (Å²) in [7, 11) is 0. The highest BCUT2D eigenvalue weighted by molar-refractivity contribution is 5.93. The highest BCUT2D eigenvalue weighted by Crippen LogP contribution is 2.16. The molecule has 12 rings (SSSR count). The van der Waals surface area contributed by atoms with Crippen molar-refractivity contribution in [1.29, 1.82) is 0 Å². The minimum atomic E-state index is -0.798. The lowest BCUT2D eigenvalue weighted by Gasteiger charge is -2.15. The molecule has 8 aliphatic carbocycles. The van der Waals surface area contributed by atoms with Crippen molar-refractivity contribution in [2.24, 2.45) is 0 Å². The molecular formula is C33H24O. The molecule has 0 aromatic heterocycles. The summed E-state index contributed by atoms with van der Waals surface area (Å²) in [4.78, 5) is 0. The van der Waals surface area contributed by atoms with Crippen molar-refractivity contribution in [3.05, 3.63) is 139 Å². The van der Waals surface area contributed by atoms with Gasteiger partial charge in [0.15, 0.2) is 0 Å². The fourth-order valence-corrected chi connectivity index (χ4v) is 4.53. The Bertz CT molecular complexity index is 1690. The summed E-state index contributed by atoms with van der Waals surface area (Å²) in [5, 5.41) is 20.6. The van der Waals surface area contributed by atoms with Gasteiger partial charge in [0.1, 0.15) is 6.10 Å². The largest absolute Gasteiger partial charge is 0.384 e. The third-order valence-corrected chi connectivity index (χ3v) is 6.53. The Morgan fingerprint density at radius 1 is 0.353 bits per heavy atom. The van der Waals surface area contributed by atoms with E-state index in [4.69, 9.17) is 0 Å². The molecule has 1 heteroatoms. The second kappa shape index (κ2) is 8.62. The Kier molecular flexibility index (Phi) is 5.18. The van der Waals surface area contributed by atoms with E-state index in [1.807, 2.05) is 0 Å². The van der Waals surface area contributed by atoms with Gasteiger partial charge in [0, 0.05) is 0 Å². The molecule has 0 saturated carbocycles. The van der Waals surface area contributed by atoms with Crippen LogP contribution in [0.2, 0.25) is 0 Å². The van der Waals surface area contributed by atoms with E-state index < -0.39 is 6.10 Å². The van der Waals surface area contributed by atoms with E-state index in [2.05, 4.69) is 134 Å². The topological polar surface area (TPSA) is 20.2 Å². The second-order valence-electron chi connectivity index (χ2n) is 8.85. The van der Waals surface area contributed by atoms with Crippen molar-refractivity contribution in [3.8, 4) is 0 Å². The van der Waals surface area contributed by atoms with Crippen LogP contribution in [0.25, 0.3) is 47.6 Å². The van der Waals surface area contributed by atoms with Crippen LogP contribution in [0.3, 0.4) is 0 Å². The van der Waals surface area contributed by atoms with Crippen LogP contribution in [0.4, 0.5) is 0 Å². The van der Waals surface area contributed by atoms with E-state index in [0.29, 0.717) is 0 Å². The van der Waals surface area contributed by atoms with Crippen molar-refractivity contribution >= 4 is 47.6 Å². The smallest absolute Gasteiger partial charge is 0.105 e. The van der Waals surface area contributed by atoms with E-state index in [0.717, 1.165) is 52.9 Å². The molecule has 0 unspecified atom stereocenters. The minimum absolute atomic E-state index is 0.798. The van der Waals surface area contributed by atoms with E-state index in [1.54, 1.807) is 0 Å². The lowest BCUT2D eigenvalue weighted by atomic mass is 9.94. The van der Waals surface area contributed by atoms with Crippen LogP contribution in [0.5, 0.6) is 0 Å². The number of aliphatic hydroxyl groups excluding tert-OH is 1. The fourth-order valence-electron chi connectivity index (χ4n) is 4.53. The number of hydrogen-bond donors (Lipinski definition) is 1. The molecule has 0 aliphatic heterocycles. The molecule has 0 saturated heterocycles. The summed E-state index contributed by atoms with van der Waals surface area (Å²) in [6, 6.07) is 33.7. The monoisotopic (exact) mass is 436 g/mol. The Balaban J connectivity index is 1.67. The molecule has 8 aliphatic rings. The molecule has 1 nitrogen and oxygen atoms in total. The zero-order chi connectivity index (χ0) is 22.9. The number of benzene rings is 4. The highest BCUT2D eigenvalue weighted by Gasteiger charge is 2.15. The number of rotatable bonds is 2. The minimum Gasteiger partial charge on any atom is -0.384 e. The van der Waals surface area contributed by atoms with Crippen LogP contribution in [-0.4, -0.2) is 11.2 Å². The Labute approximate surface area is 197 Å². The normalized spacial score (nSPS) is 14.6. The van der Waals surface area contributed by atoms with Gasteiger partial charge in [-0.3, -0.25) is 0 Å². The van der Waals surface area contributed by atoms with Crippen LogP contribution in [0, 0.1) is 0 Å². The number of aliphatic hydroxyl groups is 1. The first-order chi connectivity index (χ1) is 16.7. The van der Waals surface area contributed by atoms with Gasteiger partial charge < -0.3 is 5.11 Å². The van der Waals surface area contributed by atoms with Gasteiger partial charge in [-0.05, 0) is 65.0 Å². The number of hydrogen-bond acceptors (Lipinski definition) is 1. The Morgan fingerprint density at radius 3 is 0.941 bits per heavy atom. The van der Waals surface area contributed by atoms with E-state index in [9.17, 15) is 5.11 Å². The van der Waals surface area contributed by atoms with Gasteiger partial charge in [-0.15, -0.1) is 0 Å². The Hall–Kier alpha value is -4.20. The average Bonchev–Trinajstić information content (AvgIpc) is 2.87. The molecule has 0 amide bonds. The van der Waals surface area contributed by atoms with E-state index in [1.165, 1.54) is 0 Å². The Morgan fingerprint density at radius 2 is 0.618 bits per heavy atom. The van der Waals surface area contributed by atoms with Gasteiger partial charge >= 0.3 is 0 Å². The van der Waals surface area contributed by atoms with E-state index >= 15 is 0 Å². The average molecular weight is 437 g/mol. The maximum absolute atomic E-state index is 11.9. The second-order valence-corrected chi connectivity index (χ2v) is 8.85. The first kappa shape index (κ1) is 20.4. The zero-order valence-corrected chi connectivity index (χ0v) is 18.7. The molecule has 34 heavy (non-hydrogen) atoms. The molecular weight excluding hydrogens is 412 g/mol. The third-order valence-electron chi connectivity index (χ3n) is 6.53.